The number of nitrogens with zero attached hydrogens (tertiary/aromatic N) is 1. The molecule has 1 N–H and O–H groups in total. The highest BCUT2D eigenvalue weighted by atomic mass is 19.4. The van der Waals surface area contributed by atoms with Gasteiger partial charge in [-0.2, -0.15) is 0 Å². The Morgan fingerprint density at radius 1 is 1.12 bits per heavy atom. The van der Waals surface area contributed by atoms with Gasteiger partial charge in [-0.25, -0.2) is 4.79 Å². The summed E-state index contributed by atoms with van der Waals surface area (Å²) in [6.45, 7) is 1.59. The topological polar surface area (TPSA) is 126 Å². The number of amides is 1. The number of rotatable bonds is 6. The number of nitrogens with one attached hydrogen (secondary N) is 1. The van der Waals surface area contributed by atoms with Crippen molar-refractivity contribution in [2.24, 2.45) is 0 Å². The Balaban J connectivity index is 1.67. The Morgan fingerprint density at radius 2 is 1.72 bits per heavy atom. The van der Waals surface area contributed by atoms with Gasteiger partial charge in [-0.15, -0.1) is 13.2 Å². The van der Waals surface area contributed by atoms with Gasteiger partial charge in [0.1, 0.15) is 24.5 Å². The monoisotopic (exact) mass is 456 g/mol. The fourth-order valence-electron chi connectivity index (χ4n) is 2.65. The van der Waals surface area contributed by atoms with E-state index in [2.05, 4.69) is 10.1 Å². The second-order valence-corrected chi connectivity index (χ2v) is 6.38. The molecule has 1 unspecified atom stereocenters. The van der Waals surface area contributed by atoms with Gasteiger partial charge in [0.2, 0.25) is 0 Å². The van der Waals surface area contributed by atoms with E-state index in [1.54, 1.807) is 0 Å². The lowest BCUT2D eigenvalue weighted by Gasteiger charge is -2.19. The van der Waals surface area contributed by atoms with E-state index in [0.29, 0.717) is 0 Å². The van der Waals surface area contributed by atoms with Gasteiger partial charge in [-0.1, -0.05) is 0 Å². The number of nitro benzene ring substituents is 1. The van der Waals surface area contributed by atoms with E-state index in [1.165, 1.54) is 6.92 Å². The minimum atomic E-state index is -4.86. The molecule has 32 heavy (non-hydrogen) atoms. The van der Waals surface area contributed by atoms with Crippen molar-refractivity contribution >= 4 is 23.3 Å². The van der Waals surface area contributed by atoms with Gasteiger partial charge >= 0.3 is 12.3 Å². The van der Waals surface area contributed by atoms with Crippen LogP contribution in [0.1, 0.15) is 17.3 Å². The first-order valence-corrected chi connectivity index (χ1v) is 8.99. The quantitative estimate of drug-likeness (QED) is 0.398. The molecule has 1 aliphatic rings. The Morgan fingerprint density at radius 3 is 2.28 bits per heavy atom. The predicted octanol–water partition coefficient (Wildman–Crippen LogP) is 3.45. The maximum Gasteiger partial charge on any atom is 0.573 e. The number of halogens is 3. The van der Waals surface area contributed by atoms with Crippen LogP contribution >= 0.6 is 0 Å². The minimum absolute atomic E-state index is 0.100. The van der Waals surface area contributed by atoms with E-state index in [-0.39, 0.29) is 30.4 Å². The van der Waals surface area contributed by atoms with E-state index < -0.39 is 46.3 Å². The summed E-state index contributed by atoms with van der Waals surface area (Å²) in [5.74, 6) is -2.23. The van der Waals surface area contributed by atoms with E-state index >= 15 is 0 Å². The molecule has 0 bridgehead atoms. The van der Waals surface area contributed by atoms with Gasteiger partial charge in [0.15, 0.2) is 17.6 Å². The minimum Gasteiger partial charge on any atom is -0.486 e. The molecule has 0 aliphatic carbocycles. The van der Waals surface area contributed by atoms with Gasteiger partial charge in [0, 0.05) is 11.8 Å². The Hall–Kier alpha value is -4.03. The first kappa shape index (κ1) is 22.7. The van der Waals surface area contributed by atoms with Gasteiger partial charge in [-0.05, 0) is 31.2 Å². The summed E-state index contributed by atoms with van der Waals surface area (Å²) in [5, 5.41) is 13.7. The lowest BCUT2D eigenvalue weighted by Crippen LogP contribution is -2.30. The van der Waals surface area contributed by atoms with Crippen LogP contribution in [0.5, 0.6) is 17.2 Å². The molecular formula is C19H15F3N2O8. The molecule has 170 valence electrons. The molecule has 13 heteroatoms. The van der Waals surface area contributed by atoms with Crippen LogP contribution in [0.4, 0.5) is 24.5 Å². The Bertz CT molecular complexity index is 1040. The molecule has 1 atom stereocenters. The van der Waals surface area contributed by atoms with Gasteiger partial charge in [-0.3, -0.25) is 14.9 Å². The lowest BCUT2D eigenvalue weighted by atomic mass is 10.1. The van der Waals surface area contributed by atoms with Crippen molar-refractivity contribution < 1.29 is 46.6 Å². The largest absolute Gasteiger partial charge is 0.573 e. The van der Waals surface area contributed by atoms with Gasteiger partial charge < -0.3 is 24.3 Å². The van der Waals surface area contributed by atoms with Crippen molar-refractivity contribution in [1.29, 1.82) is 0 Å². The summed E-state index contributed by atoms with van der Waals surface area (Å²) in [7, 11) is 0. The second kappa shape index (κ2) is 8.99. The molecule has 2 aromatic rings. The number of carbonyl (C=O) groups excluding carboxylic acids is 2. The van der Waals surface area contributed by atoms with Crippen LogP contribution in [0, 0.1) is 10.1 Å². The molecular weight excluding hydrogens is 441 g/mol. The van der Waals surface area contributed by atoms with Crippen LogP contribution < -0.4 is 19.5 Å². The van der Waals surface area contributed by atoms with E-state index in [4.69, 9.17) is 14.2 Å². The van der Waals surface area contributed by atoms with E-state index in [1.807, 2.05) is 0 Å². The summed E-state index contributed by atoms with van der Waals surface area (Å²) in [4.78, 5) is 35.3. The molecule has 0 spiro atoms. The van der Waals surface area contributed by atoms with Crippen molar-refractivity contribution in [2.45, 2.75) is 19.4 Å². The third-order valence-electron chi connectivity index (χ3n) is 4.09. The Kier molecular flexibility index (Phi) is 6.37. The van der Waals surface area contributed by atoms with Crippen molar-refractivity contribution in [3.05, 3.63) is 52.1 Å². The molecule has 0 saturated carbocycles. The SMILES string of the molecule is CC(OC(=O)c1cc2c(cc1[N+](=O)[O-])OCCO2)C(=O)Nc1ccc(OC(F)(F)F)cc1. The number of nitro groups is 1. The number of esters is 1. The lowest BCUT2D eigenvalue weighted by molar-refractivity contribution is -0.385. The van der Waals surface area contributed by atoms with Crippen molar-refractivity contribution in [3.63, 3.8) is 0 Å². The average Bonchev–Trinajstić information content (AvgIpc) is 2.72. The normalized spacial score (nSPS) is 13.6. The van der Waals surface area contributed by atoms with Crippen LogP contribution in [0.2, 0.25) is 0 Å². The maximum atomic E-state index is 12.5. The molecule has 0 fully saturated rings. The average molecular weight is 456 g/mol. The van der Waals surface area contributed by atoms with E-state index in [0.717, 1.165) is 36.4 Å². The molecule has 2 aromatic carbocycles. The standard InChI is InChI=1S/C19H15F3N2O8/c1-10(17(25)23-11-2-4-12(5-3-11)32-19(20,21)22)31-18(26)13-8-15-16(30-7-6-29-15)9-14(13)24(27)28/h2-5,8-10H,6-7H2,1H3,(H,23,25). The summed E-state index contributed by atoms with van der Waals surface area (Å²) in [5.41, 5.74) is -0.919. The van der Waals surface area contributed by atoms with Crippen molar-refractivity contribution in [2.75, 3.05) is 18.5 Å². The number of hydrogen-bond acceptors (Lipinski definition) is 8. The first-order chi connectivity index (χ1) is 15.0. The van der Waals surface area contributed by atoms with Crippen LogP contribution in [0.25, 0.3) is 0 Å². The highest BCUT2D eigenvalue weighted by Crippen LogP contribution is 2.37. The maximum absolute atomic E-state index is 12.5. The highest BCUT2D eigenvalue weighted by Gasteiger charge is 2.31. The van der Waals surface area contributed by atoms with Crippen LogP contribution in [-0.2, 0) is 9.53 Å². The number of anilines is 1. The summed E-state index contributed by atoms with van der Waals surface area (Å²) in [6.07, 6.45) is -6.24. The number of hydrogen-bond donors (Lipinski definition) is 1. The third-order valence-corrected chi connectivity index (χ3v) is 4.09. The smallest absolute Gasteiger partial charge is 0.486 e. The molecule has 0 radical (unpaired) electrons. The second-order valence-electron chi connectivity index (χ2n) is 6.38. The van der Waals surface area contributed by atoms with Crippen LogP contribution in [0.15, 0.2) is 36.4 Å². The zero-order valence-electron chi connectivity index (χ0n) is 16.3. The van der Waals surface area contributed by atoms with Crippen LogP contribution in [-0.4, -0.2) is 42.5 Å². The van der Waals surface area contributed by atoms with Crippen molar-refractivity contribution in [3.8, 4) is 17.2 Å². The number of benzene rings is 2. The molecule has 0 aromatic heterocycles. The highest BCUT2D eigenvalue weighted by molar-refractivity contribution is 5.99. The fraction of sp³-hybridized carbons (Fsp3) is 0.263. The molecule has 1 heterocycles. The first-order valence-electron chi connectivity index (χ1n) is 8.99. The predicted molar refractivity (Wildman–Crippen MR) is 101 cm³/mol. The number of alkyl halides is 3. The summed E-state index contributed by atoms with van der Waals surface area (Å²) < 4.78 is 55.9. The number of ether oxygens (including phenoxy) is 4. The molecule has 10 nitrogen and oxygen atoms in total. The molecule has 1 amide bonds. The molecule has 3 rings (SSSR count). The zero-order valence-corrected chi connectivity index (χ0v) is 16.3. The van der Waals surface area contributed by atoms with Crippen molar-refractivity contribution in [1.82, 2.24) is 0 Å². The molecule has 0 saturated heterocycles. The Labute approximate surface area is 178 Å². The van der Waals surface area contributed by atoms with Crippen LogP contribution in [0.3, 0.4) is 0 Å². The fourth-order valence-corrected chi connectivity index (χ4v) is 2.65. The zero-order chi connectivity index (χ0) is 23.5. The van der Waals surface area contributed by atoms with Gasteiger partial charge in [0.05, 0.1) is 11.0 Å². The summed E-state index contributed by atoms with van der Waals surface area (Å²) >= 11 is 0. The number of fused-ring (bicyclic) bond motifs is 1. The third kappa shape index (κ3) is 5.56. The number of carbonyl (C=O) groups is 2. The molecule has 1 aliphatic heterocycles. The summed E-state index contributed by atoms with van der Waals surface area (Å²) in [6, 6.07) is 6.40. The van der Waals surface area contributed by atoms with Gasteiger partial charge in [0.25, 0.3) is 11.6 Å². The van der Waals surface area contributed by atoms with E-state index in [9.17, 15) is 32.9 Å².